The highest BCUT2D eigenvalue weighted by molar-refractivity contribution is 7.92. The SMILES string of the molecule is COc1ccc(N(CC(=O)N(Cc2c(Cl)cccc2Cl)[C@H](C)C(=O)NC2CCCCC2)S(=O)(=O)c2ccccc2)cc1. The molecule has 2 amide bonds. The number of nitrogens with zero attached hydrogens (tertiary/aromatic N) is 2. The fourth-order valence-corrected chi connectivity index (χ4v) is 6.95. The van der Waals surface area contributed by atoms with Crippen molar-refractivity contribution in [3.63, 3.8) is 0 Å². The first-order valence-electron chi connectivity index (χ1n) is 13.9. The molecule has 0 radical (unpaired) electrons. The number of ether oxygens (including phenoxy) is 1. The van der Waals surface area contributed by atoms with E-state index in [2.05, 4.69) is 5.32 Å². The molecule has 0 spiro atoms. The largest absolute Gasteiger partial charge is 0.497 e. The number of carbonyl (C=O) groups excluding carboxylic acids is 2. The molecule has 0 aromatic heterocycles. The maximum Gasteiger partial charge on any atom is 0.264 e. The summed E-state index contributed by atoms with van der Waals surface area (Å²) in [5, 5.41) is 3.75. The fourth-order valence-electron chi connectivity index (χ4n) is 5.00. The van der Waals surface area contributed by atoms with Crippen LogP contribution in [0.1, 0.15) is 44.6 Å². The predicted molar refractivity (Wildman–Crippen MR) is 165 cm³/mol. The molecule has 3 aromatic carbocycles. The van der Waals surface area contributed by atoms with Crippen LogP contribution >= 0.6 is 23.2 Å². The number of nitrogens with one attached hydrogen (secondary N) is 1. The minimum atomic E-state index is -4.17. The Labute approximate surface area is 257 Å². The van der Waals surface area contributed by atoms with E-state index < -0.39 is 28.5 Å². The van der Waals surface area contributed by atoms with Crippen molar-refractivity contribution in [2.24, 2.45) is 0 Å². The third kappa shape index (κ3) is 7.56. The molecular formula is C31H35Cl2N3O5S. The van der Waals surface area contributed by atoms with E-state index in [-0.39, 0.29) is 29.1 Å². The predicted octanol–water partition coefficient (Wildman–Crippen LogP) is 6.06. The number of benzene rings is 3. The molecule has 11 heteroatoms. The van der Waals surface area contributed by atoms with E-state index in [1.807, 2.05) is 0 Å². The fraction of sp³-hybridized carbons (Fsp3) is 0.355. The summed E-state index contributed by atoms with van der Waals surface area (Å²) in [4.78, 5) is 28.9. The number of carbonyl (C=O) groups is 2. The number of methoxy groups -OCH3 is 1. The Balaban J connectivity index is 1.70. The molecule has 1 aliphatic carbocycles. The van der Waals surface area contributed by atoms with Gasteiger partial charge in [0.25, 0.3) is 10.0 Å². The summed E-state index contributed by atoms with van der Waals surface area (Å²) in [6, 6.07) is 18.4. The van der Waals surface area contributed by atoms with Crippen LogP contribution in [0.15, 0.2) is 77.7 Å². The summed E-state index contributed by atoms with van der Waals surface area (Å²) in [6.45, 7) is 0.981. The van der Waals surface area contributed by atoms with E-state index in [4.69, 9.17) is 27.9 Å². The summed E-state index contributed by atoms with van der Waals surface area (Å²) in [5.74, 6) is -0.377. The third-order valence-corrected chi connectivity index (χ3v) is 9.98. The molecule has 0 saturated heterocycles. The number of sulfonamides is 1. The number of amides is 2. The smallest absolute Gasteiger partial charge is 0.264 e. The Morgan fingerprint density at radius 3 is 2.14 bits per heavy atom. The maximum absolute atomic E-state index is 14.1. The molecular weight excluding hydrogens is 597 g/mol. The van der Waals surface area contributed by atoms with Gasteiger partial charge in [0.15, 0.2) is 0 Å². The average molecular weight is 633 g/mol. The molecule has 1 fully saturated rings. The first-order chi connectivity index (χ1) is 20.1. The van der Waals surface area contributed by atoms with Crippen LogP contribution in [0.3, 0.4) is 0 Å². The Hall–Kier alpha value is -3.27. The zero-order chi connectivity index (χ0) is 30.3. The molecule has 224 valence electrons. The maximum atomic E-state index is 14.1. The van der Waals surface area contributed by atoms with Crippen molar-refractivity contribution in [2.75, 3.05) is 18.0 Å². The molecule has 0 heterocycles. The van der Waals surface area contributed by atoms with E-state index in [1.165, 1.54) is 24.1 Å². The molecule has 3 aromatic rings. The van der Waals surface area contributed by atoms with Crippen molar-refractivity contribution >= 4 is 50.7 Å². The van der Waals surface area contributed by atoms with Crippen LogP contribution in [-0.4, -0.2) is 50.9 Å². The molecule has 42 heavy (non-hydrogen) atoms. The Bertz CT molecular complexity index is 1460. The number of anilines is 1. The molecule has 1 aliphatic rings. The molecule has 8 nitrogen and oxygen atoms in total. The van der Waals surface area contributed by atoms with Crippen molar-refractivity contribution in [3.05, 3.63) is 88.4 Å². The van der Waals surface area contributed by atoms with Gasteiger partial charge in [-0.25, -0.2) is 8.42 Å². The molecule has 0 unspecified atom stereocenters. The minimum absolute atomic E-state index is 0.0254. The van der Waals surface area contributed by atoms with E-state index in [0.29, 0.717) is 21.4 Å². The lowest BCUT2D eigenvalue weighted by atomic mass is 9.95. The summed E-state index contributed by atoms with van der Waals surface area (Å²) >= 11 is 12.9. The quantitative estimate of drug-likeness (QED) is 0.277. The molecule has 1 saturated carbocycles. The number of rotatable bonds is 11. The van der Waals surface area contributed by atoms with E-state index in [9.17, 15) is 18.0 Å². The van der Waals surface area contributed by atoms with Crippen LogP contribution in [0.2, 0.25) is 10.0 Å². The lowest BCUT2D eigenvalue weighted by molar-refractivity contribution is -0.139. The highest BCUT2D eigenvalue weighted by atomic mass is 35.5. The van der Waals surface area contributed by atoms with Gasteiger partial charge in [-0.3, -0.25) is 13.9 Å². The first kappa shape index (κ1) is 31.7. The lowest BCUT2D eigenvalue weighted by Crippen LogP contribution is -2.53. The first-order valence-corrected chi connectivity index (χ1v) is 16.1. The van der Waals surface area contributed by atoms with E-state index in [0.717, 1.165) is 36.4 Å². The van der Waals surface area contributed by atoms with Crippen LogP contribution < -0.4 is 14.4 Å². The van der Waals surface area contributed by atoms with E-state index in [1.54, 1.807) is 67.6 Å². The monoisotopic (exact) mass is 631 g/mol. The topological polar surface area (TPSA) is 96.0 Å². The van der Waals surface area contributed by atoms with Crippen molar-refractivity contribution in [1.82, 2.24) is 10.2 Å². The second-order valence-electron chi connectivity index (χ2n) is 10.3. The van der Waals surface area contributed by atoms with Crippen molar-refractivity contribution < 1.29 is 22.7 Å². The van der Waals surface area contributed by atoms with Gasteiger partial charge in [0.05, 0.1) is 17.7 Å². The van der Waals surface area contributed by atoms with Gasteiger partial charge in [-0.2, -0.15) is 0 Å². The van der Waals surface area contributed by atoms with Gasteiger partial charge in [0.2, 0.25) is 11.8 Å². The summed E-state index contributed by atoms with van der Waals surface area (Å²) < 4.78 is 34.0. The van der Waals surface area contributed by atoms with Crippen LogP contribution in [0.4, 0.5) is 5.69 Å². The van der Waals surface area contributed by atoms with Crippen LogP contribution in [0.25, 0.3) is 0 Å². The zero-order valence-electron chi connectivity index (χ0n) is 23.6. The standard InChI is InChI=1S/C31H35Cl2N3O5S/c1-22(31(38)34-23-10-5-3-6-11-23)35(20-27-28(32)14-9-15-29(27)33)30(37)21-36(24-16-18-25(41-2)19-17-24)42(39,40)26-12-7-4-8-13-26/h4,7-9,12-19,22-23H,3,5-6,10-11,20-21H2,1-2H3,(H,34,38)/t22-/m1/s1. The molecule has 0 aliphatic heterocycles. The third-order valence-electron chi connectivity index (χ3n) is 7.48. The van der Waals surface area contributed by atoms with Gasteiger partial charge in [0, 0.05) is 28.2 Å². The Morgan fingerprint density at radius 2 is 1.55 bits per heavy atom. The second kappa shape index (κ2) is 14.3. The van der Waals surface area contributed by atoms with Gasteiger partial charge in [-0.1, -0.05) is 66.7 Å². The van der Waals surface area contributed by atoms with Gasteiger partial charge < -0.3 is 15.0 Å². The molecule has 1 atom stereocenters. The second-order valence-corrected chi connectivity index (χ2v) is 12.9. The highest BCUT2D eigenvalue weighted by Gasteiger charge is 2.33. The number of hydrogen-bond acceptors (Lipinski definition) is 5. The van der Waals surface area contributed by atoms with Crippen molar-refractivity contribution in [1.29, 1.82) is 0 Å². The van der Waals surface area contributed by atoms with Gasteiger partial charge in [-0.15, -0.1) is 0 Å². The Kier molecular flexibility index (Phi) is 10.8. The zero-order valence-corrected chi connectivity index (χ0v) is 26.0. The van der Waals surface area contributed by atoms with E-state index >= 15 is 0 Å². The Morgan fingerprint density at radius 1 is 0.929 bits per heavy atom. The van der Waals surface area contributed by atoms with Crippen LogP contribution in [-0.2, 0) is 26.2 Å². The molecule has 1 N–H and O–H groups in total. The number of hydrogen-bond donors (Lipinski definition) is 1. The average Bonchev–Trinajstić information content (AvgIpc) is 3.00. The summed E-state index contributed by atoms with van der Waals surface area (Å²) in [6.07, 6.45) is 4.96. The van der Waals surface area contributed by atoms with Crippen LogP contribution in [0.5, 0.6) is 5.75 Å². The van der Waals surface area contributed by atoms with Crippen LogP contribution in [0, 0.1) is 0 Å². The number of halogens is 2. The highest BCUT2D eigenvalue weighted by Crippen LogP contribution is 2.29. The molecule has 4 rings (SSSR count). The summed E-state index contributed by atoms with van der Waals surface area (Å²) in [7, 11) is -2.66. The van der Waals surface area contributed by atoms with Crippen molar-refractivity contribution in [3.8, 4) is 5.75 Å². The minimum Gasteiger partial charge on any atom is -0.497 e. The van der Waals surface area contributed by atoms with Crippen molar-refractivity contribution in [2.45, 2.75) is 62.6 Å². The molecule has 0 bridgehead atoms. The van der Waals surface area contributed by atoms with Gasteiger partial charge >= 0.3 is 0 Å². The lowest BCUT2D eigenvalue weighted by Gasteiger charge is -2.33. The van der Waals surface area contributed by atoms with Gasteiger partial charge in [0.1, 0.15) is 18.3 Å². The summed E-state index contributed by atoms with van der Waals surface area (Å²) in [5.41, 5.74) is 0.733. The normalized spacial score (nSPS) is 14.6. The van der Waals surface area contributed by atoms with Gasteiger partial charge in [-0.05, 0) is 68.3 Å².